The smallest absolute Gasteiger partial charge is 0.229 e. The number of amides is 2. The van der Waals surface area contributed by atoms with Gasteiger partial charge in [0.05, 0.1) is 0 Å². The van der Waals surface area contributed by atoms with Crippen LogP contribution >= 0.6 is 0 Å². The lowest BCUT2D eigenvalue weighted by atomic mass is 9.96. The molecule has 2 N–H and O–H groups in total. The van der Waals surface area contributed by atoms with Crippen LogP contribution in [0.5, 0.6) is 0 Å². The Morgan fingerprint density at radius 2 is 1.92 bits per heavy atom. The number of rotatable bonds is 2. The molecule has 0 radical (unpaired) electrons. The average molecular weight is 184 g/mol. The molecule has 4 nitrogen and oxygen atoms in total. The van der Waals surface area contributed by atoms with Crippen LogP contribution in [0.3, 0.4) is 0 Å². The van der Waals surface area contributed by atoms with Gasteiger partial charge >= 0.3 is 0 Å². The molecule has 13 heavy (non-hydrogen) atoms. The van der Waals surface area contributed by atoms with Crippen LogP contribution in [-0.4, -0.2) is 29.3 Å². The third kappa shape index (κ3) is 2.06. The van der Waals surface area contributed by atoms with E-state index in [-0.39, 0.29) is 23.8 Å². The maximum atomic E-state index is 11.5. The van der Waals surface area contributed by atoms with E-state index >= 15 is 0 Å². The number of imide groups is 1. The molecule has 0 saturated carbocycles. The van der Waals surface area contributed by atoms with E-state index in [2.05, 4.69) is 0 Å². The Hall–Kier alpha value is -0.900. The quantitative estimate of drug-likeness (QED) is 0.620. The van der Waals surface area contributed by atoms with Crippen molar-refractivity contribution in [1.82, 2.24) is 4.90 Å². The Balaban J connectivity index is 2.73. The Bertz CT molecular complexity index is 210. The largest absolute Gasteiger partial charge is 0.328 e. The molecule has 1 fully saturated rings. The molecule has 74 valence electrons. The summed E-state index contributed by atoms with van der Waals surface area (Å²) < 4.78 is 0. The van der Waals surface area contributed by atoms with Gasteiger partial charge in [0.1, 0.15) is 0 Å². The van der Waals surface area contributed by atoms with Crippen molar-refractivity contribution >= 4 is 11.8 Å². The van der Waals surface area contributed by atoms with Gasteiger partial charge in [-0.3, -0.25) is 14.5 Å². The van der Waals surface area contributed by atoms with Gasteiger partial charge in [-0.1, -0.05) is 6.92 Å². The van der Waals surface area contributed by atoms with Crippen molar-refractivity contribution in [2.45, 2.75) is 32.7 Å². The van der Waals surface area contributed by atoms with E-state index in [0.29, 0.717) is 19.4 Å². The van der Waals surface area contributed by atoms with Gasteiger partial charge in [-0.25, -0.2) is 0 Å². The molecule has 1 unspecified atom stereocenters. The van der Waals surface area contributed by atoms with Gasteiger partial charge in [0.25, 0.3) is 0 Å². The van der Waals surface area contributed by atoms with Crippen LogP contribution in [0.25, 0.3) is 0 Å². The van der Waals surface area contributed by atoms with Crippen LogP contribution in [0.15, 0.2) is 0 Å². The molecular weight excluding hydrogens is 168 g/mol. The highest BCUT2D eigenvalue weighted by atomic mass is 16.2. The molecule has 1 aliphatic rings. The van der Waals surface area contributed by atoms with E-state index in [1.807, 2.05) is 6.92 Å². The number of hydrogen-bond acceptors (Lipinski definition) is 3. The SMILES string of the molecule is CC1CC(=O)N(C(C)CN)C(=O)C1. The molecule has 0 aromatic heterocycles. The van der Waals surface area contributed by atoms with Crippen LogP contribution in [0.4, 0.5) is 0 Å². The molecule has 0 spiro atoms. The summed E-state index contributed by atoms with van der Waals surface area (Å²) in [6.45, 7) is 4.05. The third-order valence-corrected chi connectivity index (χ3v) is 2.37. The monoisotopic (exact) mass is 184 g/mol. The predicted octanol–water partition coefficient (Wildman–Crippen LogP) is 0.119. The second kappa shape index (κ2) is 3.87. The summed E-state index contributed by atoms with van der Waals surface area (Å²) in [5.41, 5.74) is 5.42. The summed E-state index contributed by atoms with van der Waals surface area (Å²) >= 11 is 0. The summed E-state index contributed by atoms with van der Waals surface area (Å²) in [5, 5.41) is 0. The lowest BCUT2D eigenvalue weighted by Crippen LogP contribution is -2.50. The number of likely N-dealkylation sites (tertiary alicyclic amines) is 1. The second-order valence-electron chi connectivity index (χ2n) is 3.76. The highest BCUT2D eigenvalue weighted by molar-refractivity contribution is 5.98. The van der Waals surface area contributed by atoms with Crippen LogP contribution in [0.2, 0.25) is 0 Å². The number of nitrogens with two attached hydrogens (primary N) is 1. The fourth-order valence-corrected chi connectivity index (χ4v) is 1.60. The zero-order chi connectivity index (χ0) is 10.0. The van der Waals surface area contributed by atoms with E-state index in [0.717, 1.165) is 0 Å². The van der Waals surface area contributed by atoms with Crippen molar-refractivity contribution in [2.75, 3.05) is 6.54 Å². The van der Waals surface area contributed by atoms with Gasteiger partial charge in [-0.05, 0) is 12.8 Å². The maximum Gasteiger partial charge on any atom is 0.229 e. The molecule has 1 rings (SSSR count). The third-order valence-electron chi connectivity index (χ3n) is 2.37. The molecule has 1 saturated heterocycles. The first-order valence-corrected chi connectivity index (χ1v) is 4.61. The minimum Gasteiger partial charge on any atom is -0.328 e. The first-order valence-electron chi connectivity index (χ1n) is 4.61. The molecule has 1 heterocycles. The molecule has 1 aliphatic heterocycles. The van der Waals surface area contributed by atoms with Gasteiger partial charge in [-0.2, -0.15) is 0 Å². The van der Waals surface area contributed by atoms with Gasteiger partial charge in [0, 0.05) is 25.4 Å². The lowest BCUT2D eigenvalue weighted by molar-refractivity contribution is -0.152. The van der Waals surface area contributed by atoms with Crippen molar-refractivity contribution < 1.29 is 9.59 Å². The second-order valence-corrected chi connectivity index (χ2v) is 3.76. The summed E-state index contributed by atoms with van der Waals surface area (Å²) in [6, 6.07) is -0.160. The number of carbonyl (C=O) groups excluding carboxylic acids is 2. The van der Waals surface area contributed by atoms with Crippen LogP contribution < -0.4 is 5.73 Å². The Labute approximate surface area is 78.1 Å². The van der Waals surface area contributed by atoms with E-state index in [1.54, 1.807) is 6.92 Å². The fraction of sp³-hybridized carbons (Fsp3) is 0.778. The normalized spacial score (nSPS) is 22.2. The topological polar surface area (TPSA) is 63.4 Å². The molecule has 4 heteroatoms. The number of piperidine rings is 1. The van der Waals surface area contributed by atoms with Crippen molar-refractivity contribution in [1.29, 1.82) is 0 Å². The van der Waals surface area contributed by atoms with Gasteiger partial charge in [0.2, 0.25) is 11.8 Å². The molecule has 0 aromatic carbocycles. The zero-order valence-corrected chi connectivity index (χ0v) is 8.12. The van der Waals surface area contributed by atoms with Crippen LogP contribution in [0, 0.1) is 5.92 Å². The van der Waals surface area contributed by atoms with E-state index < -0.39 is 0 Å². The summed E-state index contributed by atoms with van der Waals surface area (Å²) in [7, 11) is 0. The standard InChI is InChI=1S/C9H16N2O2/c1-6-3-8(12)11(7(2)5-10)9(13)4-6/h6-7H,3-5,10H2,1-2H3. The van der Waals surface area contributed by atoms with Crippen molar-refractivity contribution in [3.05, 3.63) is 0 Å². The molecule has 0 bridgehead atoms. The fourth-order valence-electron chi connectivity index (χ4n) is 1.60. The predicted molar refractivity (Wildman–Crippen MR) is 48.8 cm³/mol. The first kappa shape index (κ1) is 10.2. The van der Waals surface area contributed by atoms with E-state index in [4.69, 9.17) is 5.73 Å². The molecule has 0 aromatic rings. The maximum absolute atomic E-state index is 11.5. The lowest BCUT2D eigenvalue weighted by Gasteiger charge is -2.32. The van der Waals surface area contributed by atoms with Crippen LogP contribution in [-0.2, 0) is 9.59 Å². The molecule has 2 amide bonds. The Morgan fingerprint density at radius 1 is 1.46 bits per heavy atom. The summed E-state index contributed by atoms with van der Waals surface area (Å²) in [6.07, 6.45) is 0.937. The summed E-state index contributed by atoms with van der Waals surface area (Å²) in [5.74, 6) is 0.0182. The minimum atomic E-state index is -0.160. The molecular formula is C9H16N2O2. The number of carbonyl (C=O) groups is 2. The average Bonchev–Trinajstić information content (AvgIpc) is 2.02. The Morgan fingerprint density at radius 3 is 2.31 bits per heavy atom. The Kier molecular flexibility index (Phi) is 3.03. The van der Waals surface area contributed by atoms with Crippen molar-refractivity contribution in [3.8, 4) is 0 Å². The highest BCUT2D eigenvalue weighted by Gasteiger charge is 2.32. The first-order chi connectivity index (χ1) is 6.06. The number of nitrogens with zero attached hydrogens (tertiary/aromatic N) is 1. The van der Waals surface area contributed by atoms with Gasteiger partial charge in [-0.15, -0.1) is 0 Å². The minimum absolute atomic E-state index is 0.0818. The van der Waals surface area contributed by atoms with E-state index in [1.165, 1.54) is 4.90 Å². The summed E-state index contributed by atoms with van der Waals surface area (Å²) in [4.78, 5) is 24.2. The molecule has 0 aliphatic carbocycles. The number of hydrogen-bond donors (Lipinski definition) is 1. The van der Waals surface area contributed by atoms with Crippen LogP contribution in [0.1, 0.15) is 26.7 Å². The van der Waals surface area contributed by atoms with Crippen molar-refractivity contribution in [3.63, 3.8) is 0 Å². The van der Waals surface area contributed by atoms with Crippen molar-refractivity contribution in [2.24, 2.45) is 11.7 Å². The molecule has 1 atom stereocenters. The zero-order valence-electron chi connectivity index (χ0n) is 8.12. The van der Waals surface area contributed by atoms with Gasteiger partial charge < -0.3 is 5.73 Å². The van der Waals surface area contributed by atoms with E-state index in [9.17, 15) is 9.59 Å². The van der Waals surface area contributed by atoms with Gasteiger partial charge in [0.15, 0.2) is 0 Å². The highest BCUT2D eigenvalue weighted by Crippen LogP contribution is 2.20.